The zero-order valence-corrected chi connectivity index (χ0v) is 14.1. The normalized spacial score (nSPS) is 31.5. The van der Waals surface area contributed by atoms with E-state index in [9.17, 15) is 0 Å². The SMILES string of the molecule is [C-]1=[N+](c2ccccc2)[C@@H]2CCC[C@@]23CCC[C@H]3N1c1ccccc1. The molecule has 5 rings (SSSR count). The van der Waals surface area contributed by atoms with Gasteiger partial charge < -0.3 is 9.48 Å². The van der Waals surface area contributed by atoms with Crippen LogP contribution in [0.4, 0.5) is 11.4 Å². The van der Waals surface area contributed by atoms with E-state index in [1.165, 1.54) is 49.9 Å². The van der Waals surface area contributed by atoms with Crippen molar-refractivity contribution in [2.24, 2.45) is 5.41 Å². The highest BCUT2D eigenvalue weighted by Gasteiger charge is 2.58. The van der Waals surface area contributed by atoms with Gasteiger partial charge in [0.1, 0.15) is 0 Å². The number of benzene rings is 2. The number of hydrogen-bond acceptors (Lipinski definition) is 1. The van der Waals surface area contributed by atoms with Crippen molar-refractivity contribution in [2.75, 3.05) is 4.90 Å². The van der Waals surface area contributed by atoms with Crippen molar-refractivity contribution in [2.45, 2.75) is 50.6 Å². The fraction of sp³-hybridized carbons (Fsp3) is 0.409. The van der Waals surface area contributed by atoms with Crippen LogP contribution in [-0.4, -0.2) is 23.0 Å². The Morgan fingerprint density at radius 1 is 0.875 bits per heavy atom. The number of hydrogen-bond donors (Lipinski definition) is 0. The molecule has 0 bridgehead atoms. The molecule has 2 aliphatic carbocycles. The van der Waals surface area contributed by atoms with Crippen molar-refractivity contribution < 1.29 is 4.58 Å². The molecule has 2 nitrogen and oxygen atoms in total. The molecular weight excluding hydrogens is 292 g/mol. The molecule has 2 heteroatoms. The van der Waals surface area contributed by atoms with Gasteiger partial charge in [-0.15, -0.1) is 0 Å². The number of nitrogens with zero attached hydrogens (tertiary/aromatic N) is 2. The summed E-state index contributed by atoms with van der Waals surface area (Å²) in [6.45, 7) is 0. The summed E-state index contributed by atoms with van der Waals surface area (Å²) in [7, 11) is 0. The molecular formula is C22H24N2. The van der Waals surface area contributed by atoms with E-state index in [1.54, 1.807) is 0 Å². The molecule has 2 aromatic rings. The number of rotatable bonds is 2. The minimum absolute atomic E-state index is 0.441. The first-order chi connectivity index (χ1) is 11.9. The van der Waals surface area contributed by atoms with E-state index in [0.29, 0.717) is 17.5 Å². The quantitative estimate of drug-likeness (QED) is 0.567. The van der Waals surface area contributed by atoms with Crippen LogP contribution < -0.4 is 4.90 Å². The van der Waals surface area contributed by atoms with Crippen LogP contribution in [0.2, 0.25) is 0 Å². The van der Waals surface area contributed by atoms with E-state index in [0.717, 1.165) is 0 Å². The maximum atomic E-state index is 3.79. The smallest absolute Gasteiger partial charge is 0.206 e. The van der Waals surface area contributed by atoms with Crippen molar-refractivity contribution in [1.82, 2.24) is 0 Å². The summed E-state index contributed by atoms with van der Waals surface area (Å²) < 4.78 is 2.46. The van der Waals surface area contributed by atoms with Gasteiger partial charge in [0, 0.05) is 16.8 Å². The lowest BCUT2D eigenvalue weighted by Crippen LogP contribution is -2.57. The van der Waals surface area contributed by atoms with Crippen LogP contribution in [0.3, 0.4) is 0 Å². The van der Waals surface area contributed by atoms with E-state index in [-0.39, 0.29) is 0 Å². The molecule has 1 spiro atoms. The Labute approximate surface area is 144 Å². The summed E-state index contributed by atoms with van der Waals surface area (Å²) in [5.74, 6) is 0. The molecule has 0 amide bonds. The molecule has 24 heavy (non-hydrogen) atoms. The van der Waals surface area contributed by atoms with Gasteiger partial charge in [0.25, 0.3) is 0 Å². The number of para-hydroxylation sites is 2. The third kappa shape index (κ3) is 1.98. The zero-order chi connectivity index (χ0) is 16.0. The van der Waals surface area contributed by atoms with Crippen molar-refractivity contribution in [3.05, 3.63) is 60.7 Å². The van der Waals surface area contributed by atoms with Crippen LogP contribution >= 0.6 is 0 Å². The molecule has 3 aliphatic rings. The Morgan fingerprint density at radius 3 is 2.29 bits per heavy atom. The second kappa shape index (κ2) is 5.47. The third-order valence-corrected chi connectivity index (χ3v) is 6.47. The van der Waals surface area contributed by atoms with Crippen LogP contribution in [-0.2, 0) is 0 Å². The van der Waals surface area contributed by atoms with Gasteiger partial charge in [-0.1, -0.05) is 60.7 Å². The largest absolute Gasteiger partial charge is 0.334 e. The Kier molecular flexibility index (Phi) is 3.26. The van der Waals surface area contributed by atoms with Crippen LogP contribution in [0.25, 0.3) is 0 Å². The van der Waals surface area contributed by atoms with Gasteiger partial charge in [-0.25, -0.2) is 0 Å². The molecule has 1 aliphatic heterocycles. The maximum Gasteiger partial charge on any atom is 0.206 e. The van der Waals surface area contributed by atoms with E-state index in [2.05, 4.69) is 76.5 Å². The average Bonchev–Trinajstić information content (AvgIpc) is 3.27. The molecule has 2 aromatic carbocycles. The van der Waals surface area contributed by atoms with Gasteiger partial charge >= 0.3 is 0 Å². The first-order valence-electron chi connectivity index (χ1n) is 9.33. The molecule has 0 N–H and O–H groups in total. The predicted molar refractivity (Wildman–Crippen MR) is 98.0 cm³/mol. The van der Waals surface area contributed by atoms with Gasteiger partial charge in [0.2, 0.25) is 6.34 Å². The van der Waals surface area contributed by atoms with Crippen molar-refractivity contribution >= 4 is 17.7 Å². The van der Waals surface area contributed by atoms with Gasteiger partial charge in [-0.05, 0) is 38.5 Å². The fourth-order valence-corrected chi connectivity index (χ4v) is 5.52. The molecule has 0 saturated heterocycles. The second-order valence-electron chi connectivity index (χ2n) is 7.56. The van der Waals surface area contributed by atoms with Crippen molar-refractivity contribution in [3.63, 3.8) is 0 Å². The van der Waals surface area contributed by atoms with Gasteiger partial charge in [-0.3, -0.25) is 0 Å². The highest BCUT2D eigenvalue weighted by atomic mass is 15.3. The van der Waals surface area contributed by atoms with Crippen LogP contribution in [0, 0.1) is 5.41 Å². The third-order valence-electron chi connectivity index (χ3n) is 6.47. The average molecular weight is 316 g/mol. The van der Waals surface area contributed by atoms with Crippen molar-refractivity contribution in [1.29, 1.82) is 0 Å². The first-order valence-corrected chi connectivity index (χ1v) is 9.33. The van der Waals surface area contributed by atoms with Crippen LogP contribution in [0.15, 0.2) is 60.7 Å². The summed E-state index contributed by atoms with van der Waals surface area (Å²) in [5.41, 5.74) is 3.02. The molecule has 2 saturated carbocycles. The maximum absolute atomic E-state index is 3.79. The first kappa shape index (κ1) is 14.3. The summed E-state index contributed by atoms with van der Waals surface area (Å²) in [6, 6.07) is 23.0. The van der Waals surface area contributed by atoms with Crippen molar-refractivity contribution in [3.8, 4) is 0 Å². The van der Waals surface area contributed by atoms with E-state index in [4.69, 9.17) is 0 Å². The molecule has 1 heterocycles. The molecule has 122 valence electrons. The molecule has 2 fully saturated rings. The molecule has 0 radical (unpaired) electrons. The summed E-state index contributed by atoms with van der Waals surface area (Å²) in [6.07, 6.45) is 11.9. The van der Waals surface area contributed by atoms with Gasteiger partial charge in [-0.2, -0.15) is 0 Å². The van der Waals surface area contributed by atoms with Crippen LogP contribution in [0.1, 0.15) is 38.5 Å². The molecule has 0 unspecified atom stereocenters. The summed E-state index contributed by atoms with van der Waals surface area (Å²) in [5, 5.41) is 0. The van der Waals surface area contributed by atoms with E-state index in [1.807, 2.05) is 0 Å². The topological polar surface area (TPSA) is 6.25 Å². The van der Waals surface area contributed by atoms with Crippen LogP contribution in [0.5, 0.6) is 0 Å². The van der Waals surface area contributed by atoms with E-state index < -0.39 is 0 Å². The highest BCUT2D eigenvalue weighted by molar-refractivity contribution is 5.79. The predicted octanol–water partition coefficient (Wildman–Crippen LogP) is 4.85. The summed E-state index contributed by atoms with van der Waals surface area (Å²) >= 11 is 0. The standard InChI is InChI=1S/C22H24N2/c1-3-9-18(10-4-1)23-17-24(19-11-5-2-6-12-19)21-14-8-16-22(21)15-7-13-20(22)23/h1-6,9-12,20-21H,7-8,13-16H2/t20-,21-,22-/m1/s1. The molecule has 3 atom stereocenters. The Hall–Kier alpha value is -2.09. The Bertz CT molecular complexity index is 748. The monoisotopic (exact) mass is 316 g/mol. The number of anilines is 1. The lowest BCUT2D eigenvalue weighted by Gasteiger charge is -2.47. The lowest BCUT2D eigenvalue weighted by molar-refractivity contribution is -0.505. The summed E-state index contributed by atoms with van der Waals surface area (Å²) in [4.78, 5) is 2.46. The second-order valence-corrected chi connectivity index (χ2v) is 7.56. The Balaban J connectivity index is 1.68. The molecule has 0 aromatic heterocycles. The lowest BCUT2D eigenvalue weighted by atomic mass is 9.75. The minimum Gasteiger partial charge on any atom is -0.334 e. The zero-order valence-electron chi connectivity index (χ0n) is 14.1. The Morgan fingerprint density at radius 2 is 1.54 bits per heavy atom. The highest BCUT2D eigenvalue weighted by Crippen LogP contribution is 2.56. The fourth-order valence-electron chi connectivity index (χ4n) is 5.52. The van der Waals surface area contributed by atoms with E-state index >= 15 is 0 Å². The minimum atomic E-state index is 0.441. The van der Waals surface area contributed by atoms with Gasteiger partial charge in [0.05, 0.1) is 12.1 Å². The van der Waals surface area contributed by atoms with Gasteiger partial charge in [0.15, 0.2) is 0 Å².